The molecule has 0 saturated heterocycles. The van der Waals surface area contributed by atoms with Crippen LogP contribution in [0.25, 0.3) is 10.6 Å². The summed E-state index contributed by atoms with van der Waals surface area (Å²) in [6.07, 6.45) is 0. The molecule has 0 radical (unpaired) electrons. The Morgan fingerprint density at radius 3 is 2.18 bits per heavy atom. The number of rotatable bonds is 3. The molecule has 0 fully saturated rings. The van der Waals surface area contributed by atoms with Crippen LogP contribution in [-0.2, 0) is 9.84 Å². The third-order valence-corrected chi connectivity index (χ3v) is 6.94. The van der Waals surface area contributed by atoms with Crippen LogP contribution in [-0.4, -0.2) is 13.4 Å². The Morgan fingerprint density at radius 1 is 0.909 bits per heavy atom. The van der Waals surface area contributed by atoms with Gasteiger partial charge >= 0.3 is 0 Å². The van der Waals surface area contributed by atoms with E-state index >= 15 is 0 Å². The largest absolute Gasteiger partial charge is 0.240 e. The van der Waals surface area contributed by atoms with Crippen molar-refractivity contribution < 1.29 is 8.42 Å². The van der Waals surface area contributed by atoms with Crippen molar-refractivity contribution in [3.63, 3.8) is 0 Å². The summed E-state index contributed by atoms with van der Waals surface area (Å²) in [6, 6.07) is 16.5. The van der Waals surface area contributed by atoms with Crippen molar-refractivity contribution in [2.45, 2.75) is 23.0 Å². The van der Waals surface area contributed by atoms with Crippen molar-refractivity contribution >= 4 is 21.2 Å². The van der Waals surface area contributed by atoms with E-state index in [0.717, 1.165) is 16.1 Å². The Morgan fingerprint density at radius 2 is 1.55 bits per heavy atom. The number of aromatic nitrogens is 1. The predicted octanol–water partition coefficient (Wildman–Crippen LogP) is 4.26. The van der Waals surface area contributed by atoms with E-state index in [4.69, 9.17) is 0 Å². The monoisotopic (exact) mass is 329 g/mol. The minimum absolute atomic E-state index is 0.310. The van der Waals surface area contributed by atoms with Gasteiger partial charge in [-0.1, -0.05) is 48.0 Å². The summed E-state index contributed by atoms with van der Waals surface area (Å²) in [5.41, 5.74) is 2.51. The van der Waals surface area contributed by atoms with E-state index in [-0.39, 0.29) is 0 Å². The molecule has 0 aliphatic heterocycles. The molecule has 0 aliphatic rings. The SMILES string of the molecule is Cc1ccc(S(=O)(=O)c2sc(-c3ccccc3)nc2C)cc1. The molecule has 0 N–H and O–H groups in total. The van der Waals surface area contributed by atoms with E-state index in [1.54, 1.807) is 31.2 Å². The van der Waals surface area contributed by atoms with E-state index in [0.29, 0.717) is 14.8 Å². The fourth-order valence-corrected chi connectivity index (χ4v) is 5.07. The third-order valence-electron chi connectivity index (χ3n) is 3.35. The summed E-state index contributed by atoms with van der Waals surface area (Å²) in [5.74, 6) is 0. The van der Waals surface area contributed by atoms with Gasteiger partial charge in [0.15, 0.2) is 0 Å². The third kappa shape index (κ3) is 2.69. The van der Waals surface area contributed by atoms with Crippen molar-refractivity contribution in [2.75, 3.05) is 0 Å². The number of aryl methyl sites for hydroxylation is 2. The van der Waals surface area contributed by atoms with E-state index in [1.165, 1.54) is 11.3 Å². The van der Waals surface area contributed by atoms with Crippen LogP contribution in [0.1, 0.15) is 11.3 Å². The first kappa shape index (κ1) is 14.9. The first-order chi connectivity index (χ1) is 10.5. The van der Waals surface area contributed by atoms with Crippen LogP contribution in [0.5, 0.6) is 0 Å². The lowest BCUT2D eigenvalue weighted by molar-refractivity contribution is 0.597. The van der Waals surface area contributed by atoms with Crippen LogP contribution < -0.4 is 0 Å². The van der Waals surface area contributed by atoms with Gasteiger partial charge in [-0.05, 0) is 26.0 Å². The number of hydrogen-bond acceptors (Lipinski definition) is 4. The molecule has 3 nitrogen and oxygen atoms in total. The number of nitrogens with zero attached hydrogens (tertiary/aromatic N) is 1. The van der Waals surface area contributed by atoms with Crippen molar-refractivity contribution in [3.8, 4) is 10.6 Å². The average molecular weight is 329 g/mol. The highest BCUT2D eigenvalue weighted by molar-refractivity contribution is 7.93. The molecule has 112 valence electrons. The maximum Gasteiger partial charge on any atom is 0.217 e. The zero-order chi connectivity index (χ0) is 15.7. The van der Waals surface area contributed by atoms with Crippen LogP contribution in [0.3, 0.4) is 0 Å². The molecule has 22 heavy (non-hydrogen) atoms. The van der Waals surface area contributed by atoms with Gasteiger partial charge in [0.25, 0.3) is 0 Å². The van der Waals surface area contributed by atoms with Gasteiger partial charge < -0.3 is 0 Å². The molecule has 1 aromatic heterocycles. The van der Waals surface area contributed by atoms with Crippen LogP contribution in [0, 0.1) is 13.8 Å². The van der Waals surface area contributed by atoms with Crippen LogP contribution in [0.4, 0.5) is 0 Å². The number of thiazole rings is 1. The lowest BCUT2D eigenvalue weighted by atomic mass is 10.2. The van der Waals surface area contributed by atoms with Gasteiger partial charge in [0.05, 0.1) is 10.6 Å². The summed E-state index contributed by atoms with van der Waals surface area (Å²) >= 11 is 1.22. The van der Waals surface area contributed by atoms with Gasteiger partial charge in [0.2, 0.25) is 9.84 Å². The van der Waals surface area contributed by atoms with Crippen LogP contribution in [0.2, 0.25) is 0 Å². The topological polar surface area (TPSA) is 47.0 Å². The highest BCUT2D eigenvalue weighted by Gasteiger charge is 2.24. The molecule has 0 saturated carbocycles. The second-order valence-electron chi connectivity index (χ2n) is 5.07. The highest BCUT2D eigenvalue weighted by atomic mass is 32.2. The number of sulfone groups is 1. The summed E-state index contributed by atoms with van der Waals surface area (Å²) in [5, 5.41) is 0.726. The van der Waals surface area contributed by atoms with Gasteiger partial charge in [-0.15, -0.1) is 11.3 Å². The Labute approximate surface area is 134 Å². The van der Waals surface area contributed by atoms with Gasteiger partial charge in [-0.2, -0.15) is 0 Å². The fourth-order valence-electron chi connectivity index (χ4n) is 2.16. The van der Waals surface area contributed by atoms with Crippen molar-refractivity contribution in [1.29, 1.82) is 0 Å². The van der Waals surface area contributed by atoms with Crippen LogP contribution >= 0.6 is 11.3 Å². The van der Waals surface area contributed by atoms with E-state index in [1.807, 2.05) is 37.3 Å². The standard InChI is InChI=1S/C17H15NO2S2/c1-12-8-10-15(11-9-12)22(19,20)17-13(2)18-16(21-17)14-6-4-3-5-7-14/h3-11H,1-2H3. The molecule has 5 heteroatoms. The molecule has 0 unspecified atom stereocenters. The molecule has 2 aromatic carbocycles. The summed E-state index contributed by atoms with van der Waals surface area (Å²) in [7, 11) is -3.52. The molecule has 0 bridgehead atoms. The molecule has 0 aliphatic carbocycles. The minimum Gasteiger partial charge on any atom is -0.240 e. The highest BCUT2D eigenvalue weighted by Crippen LogP contribution is 2.34. The smallest absolute Gasteiger partial charge is 0.217 e. The summed E-state index contributed by atoms with van der Waals surface area (Å²) < 4.78 is 25.9. The Kier molecular flexibility index (Phi) is 3.85. The first-order valence-corrected chi connectivity index (χ1v) is 9.13. The lowest BCUT2D eigenvalue weighted by Gasteiger charge is -2.02. The van der Waals surface area contributed by atoms with Crippen molar-refractivity contribution in [1.82, 2.24) is 4.98 Å². The van der Waals surface area contributed by atoms with Crippen molar-refractivity contribution in [2.24, 2.45) is 0 Å². The predicted molar refractivity (Wildman–Crippen MR) is 88.9 cm³/mol. The molecular weight excluding hydrogens is 314 g/mol. The van der Waals surface area contributed by atoms with E-state index in [2.05, 4.69) is 4.98 Å². The molecule has 0 atom stereocenters. The normalized spacial score (nSPS) is 11.5. The molecular formula is C17H15NO2S2. The maximum absolute atomic E-state index is 12.8. The quantitative estimate of drug-likeness (QED) is 0.721. The second kappa shape index (κ2) is 5.66. The number of benzene rings is 2. The maximum atomic E-state index is 12.8. The second-order valence-corrected chi connectivity index (χ2v) is 8.22. The molecule has 0 amide bonds. The summed E-state index contributed by atoms with van der Waals surface area (Å²) in [6.45, 7) is 3.67. The lowest BCUT2D eigenvalue weighted by Crippen LogP contribution is -2.01. The summed E-state index contributed by atoms with van der Waals surface area (Å²) in [4.78, 5) is 4.74. The van der Waals surface area contributed by atoms with Gasteiger partial charge in [-0.3, -0.25) is 0 Å². The molecule has 0 spiro atoms. The van der Waals surface area contributed by atoms with Crippen molar-refractivity contribution in [3.05, 3.63) is 65.9 Å². The first-order valence-electron chi connectivity index (χ1n) is 6.83. The van der Waals surface area contributed by atoms with Crippen LogP contribution in [0.15, 0.2) is 63.7 Å². The fraction of sp³-hybridized carbons (Fsp3) is 0.118. The zero-order valence-electron chi connectivity index (χ0n) is 12.3. The molecule has 1 heterocycles. The van der Waals surface area contributed by atoms with Gasteiger partial charge in [0.1, 0.15) is 9.22 Å². The minimum atomic E-state index is -3.52. The van der Waals surface area contributed by atoms with Gasteiger partial charge in [-0.25, -0.2) is 13.4 Å². The Bertz CT molecular complexity index is 896. The molecule has 3 aromatic rings. The van der Waals surface area contributed by atoms with E-state index < -0.39 is 9.84 Å². The zero-order valence-corrected chi connectivity index (χ0v) is 13.9. The number of hydrogen-bond donors (Lipinski definition) is 0. The molecule has 3 rings (SSSR count). The average Bonchev–Trinajstić information content (AvgIpc) is 2.91. The van der Waals surface area contributed by atoms with E-state index in [9.17, 15) is 8.42 Å². The Hall–Kier alpha value is -1.98. The van der Waals surface area contributed by atoms with Gasteiger partial charge in [0, 0.05) is 5.56 Å². The Balaban J connectivity index is 2.09.